The first-order valence-electron chi connectivity index (χ1n) is 6.81. The predicted octanol–water partition coefficient (Wildman–Crippen LogP) is 3.00. The van der Waals surface area contributed by atoms with Crippen LogP contribution in [0.15, 0.2) is 18.2 Å². The third-order valence-electron chi connectivity index (χ3n) is 3.15. The van der Waals surface area contributed by atoms with E-state index in [1.165, 1.54) is 7.11 Å². The maximum absolute atomic E-state index is 11.3. The fraction of sp³-hybridized carbons (Fsp3) is 0.375. The lowest BCUT2D eigenvalue weighted by atomic mass is 10.1. The molecular weight excluding hydrogens is 268 g/mol. The van der Waals surface area contributed by atoms with Crippen molar-refractivity contribution in [2.75, 3.05) is 7.11 Å². The molecule has 2 aromatic rings. The quantitative estimate of drug-likeness (QED) is 0.794. The summed E-state index contributed by atoms with van der Waals surface area (Å²) in [6, 6.07) is 5.77. The van der Waals surface area contributed by atoms with E-state index < -0.39 is 0 Å². The third kappa shape index (κ3) is 2.91. The van der Waals surface area contributed by atoms with E-state index in [1.54, 1.807) is 11.7 Å². The molecule has 0 amide bonds. The molecule has 0 aliphatic heterocycles. The summed E-state index contributed by atoms with van der Waals surface area (Å²) in [5.41, 5.74) is 2.94. The van der Waals surface area contributed by atoms with Gasteiger partial charge in [-0.15, -0.1) is 0 Å². The fourth-order valence-corrected chi connectivity index (χ4v) is 2.27. The highest BCUT2D eigenvalue weighted by molar-refractivity contribution is 5.89. The number of methoxy groups -OCH3 is 1. The second-order valence-electron chi connectivity index (χ2n) is 5.16. The number of aldehydes is 1. The Morgan fingerprint density at radius 2 is 2.05 bits per heavy atom. The third-order valence-corrected chi connectivity index (χ3v) is 3.15. The van der Waals surface area contributed by atoms with Crippen LogP contribution in [-0.4, -0.2) is 29.3 Å². The fourth-order valence-electron chi connectivity index (χ4n) is 2.27. The van der Waals surface area contributed by atoms with Crippen LogP contribution in [0.1, 0.15) is 29.8 Å². The van der Waals surface area contributed by atoms with Crippen LogP contribution < -0.4 is 9.47 Å². The minimum Gasteiger partial charge on any atom is -0.491 e. The van der Waals surface area contributed by atoms with Crippen LogP contribution in [0.4, 0.5) is 0 Å². The van der Waals surface area contributed by atoms with Crippen LogP contribution in [-0.2, 0) is 7.05 Å². The molecule has 2 rings (SSSR count). The molecule has 0 aliphatic rings. The monoisotopic (exact) mass is 288 g/mol. The first-order chi connectivity index (χ1) is 9.97. The average molecular weight is 288 g/mol. The van der Waals surface area contributed by atoms with Crippen molar-refractivity contribution in [1.29, 1.82) is 0 Å². The van der Waals surface area contributed by atoms with E-state index in [0.29, 0.717) is 17.1 Å². The molecule has 0 fully saturated rings. The minimum absolute atomic E-state index is 0.120. The molecule has 5 heteroatoms. The highest BCUT2D eigenvalue weighted by atomic mass is 16.5. The first kappa shape index (κ1) is 15.1. The van der Waals surface area contributed by atoms with E-state index in [0.717, 1.165) is 23.2 Å². The van der Waals surface area contributed by atoms with Crippen molar-refractivity contribution in [1.82, 2.24) is 9.78 Å². The van der Waals surface area contributed by atoms with Crippen molar-refractivity contribution < 1.29 is 14.3 Å². The van der Waals surface area contributed by atoms with Gasteiger partial charge in [0.05, 0.1) is 13.2 Å². The number of benzene rings is 1. The van der Waals surface area contributed by atoms with E-state index in [9.17, 15) is 4.79 Å². The smallest absolute Gasteiger partial charge is 0.222 e. The number of nitrogens with zero attached hydrogens (tertiary/aromatic N) is 2. The number of hydrogen-bond acceptors (Lipinski definition) is 4. The van der Waals surface area contributed by atoms with E-state index in [4.69, 9.17) is 9.47 Å². The number of aromatic nitrogens is 2. The van der Waals surface area contributed by atoms with E-state index in [2.05, 4.69) is 5.10 Å². The summed E-state index contributed by atoms with van der Waals surface area (Å²) in [5, 5.41) is 4.37. The molecule has 1 aromatic heterocycles. The zero-order valence-corrected chi connectivity index (χ0v) is 13.0. The average Bonchev–Trinajstić information content (AvgIpc) is 2.76. The van der Waals surface area contributed by atoms with Gasteiger partial charge in [0.1, 0.15) is 17.0 Å². The number of aryl methyl sites for hydroxylation is 2. The van der Waals surface area contributed by atoms with Crippen molar-refractivity contribution in [3.05, 3.63) is 29.3 Å². The maximum Gasteiger partial charge on any atom is 0.222 e. The molecule has 1 aromatic carbocycles. The van der Waals surface area contributed by atoms with Crippen molar-refractivity contribution >= 4 is 6.29 Å². The Morgan fingerprint density at radius 3 is 2.57 bits per heavy atom. The largest absolute Gasteiger partial charge is 0.491 e. The minimum atomic E-state index is 0.120. The van der Waals surface area contributed by atoms with Gasteiger partial charge < -0.3 is 9.47 Å². The molecule has 0 spiro atoms. The Bertz CT molecular complexity index is 660. The van der Waals surface area contributed by atoms with Gasteiger partial charge in [-0.2, -0.15) is 5.10 Å². The van der Waals surface area contributed by atoms with Gasteiger partial charge in [0.15, 0.2) is 6.29 Å². The molecule has 0 N–H and O–H groups in total. The summed E-state index contributed by atoms with van der Waals surface area (Å²) in [6.45, 7) is 5.95. The standard InChI is InChI=1S/C16H20N2O3/c1-10(2)21-14-7-6-12(8-11(14)3)15-13(9-19)16(20-5)18(4)17-15/h6-10H,1-5H3. The van der Waals surface area contributed by atoms with Gasteiger partial charge in [0.2, 0.25) is 5.88 Å². The molecule has 21 heavy (non-hydrogen) atoms. The highest BCUT2D eigenvalue weighted by Gasteiger charge is 2.18. The van der Waals surface area contributed by atoms with Gasteiger partial charge in [-0.1, -0.05) is 0 Å². The molecule has 0 atom stereocenters. The summed E-state index contributed by atoms with van der Waals surface area (Å²) in [6.07, 6.45) is 0.893. The number of hydrogen-bond donors (Lipinski definition) is 0. The van der Waals surface area contributed by atoms with Crippen LogP contribution in [0.25, 0.3) is 11.3 Å². The van der Waals surface area contributed by atoms with Crippen LogP contribution in [0, 0.1) is 6.92 Å². The van der Waals surface area contributed by atoms with Crippen molar-refractivity contribution in [3.8, 4) is 22.9 Å². The number of carbonyl (C=O) groups is 1. The summed E-state index contributed by atoms with van der Waals surface area (Å²) in [5.74, 6) is 1.30. The molecule has 0 radical (unpaired) electrons. The number of ether oxygens (including phenoxy) is 2. The lowest BCUT2D eigenvalue weighted by Crippen LogP contribution is -2.06. The Morgan fingerprint density at radius 1 is 1.33 bits per heavy atom. The van der Waals surface area contributed by atoms with E-state index in [1.807, 2.05) is 39.0 Å². The molecule has 1 heterocycles. The molecule has 0 unspecified atom stereocenters. The Labute approximate surface area is 124 Å². The normalized spacial score (nSPS) is 10.8. The molecule has 112 valence electrons. The van der Waals surface area contributed by atoms with Crippen LogP contribution in [0.2, 0.25) is 0 Å². The zero-order chi connectivity index (χ0) is 15.6. The number of carbonyl (C=O) groups excluding carboxylic acids is 1. The van der Waals surface area contributed by atoms with Crippen LogP contribution in [0.3, 0.4) is 0 Å². The summed E-state index contributed by atoms with van der Waals surface area (Å²) >= 11 is 0. The van der Waals surface area contributed by atoms with Crippen LogP contribution >= 0.6 is 0 Å². The second kappa shape index (κ2) is 5.99. The molecular formula is C16H20N2O3. The Hall–Kier alpha value is -2.30. The first-order valence-corrected chi connectivity index (χ1v) is 6.81. The SMILES string of the molecule is COc1c(C=O)c(-c2ccc(OC(C)C)c(C)c2)nn1C. The topological polar surface area (TPSA) is 53.4 Å². The zero-order valence-electron chi connectivity index (χ0n) is 13.0. The lowest BCUT2D eigenvalue weighted by Gasteiger charge is -2.13. The van der Waals surface area contributed by atoms with E-state index in [-0.39, 0.29) is 6.10 Å². The Balaban J connectivity index is 2.48. The summed E-state index contributed by atoms with van der Waals surface area (Å²) < 4.78 is 12.5. The van der Waals surface area contributed by atoms with Crippen molar-refractivity contribution in [2.24, 2.45) is 7.05 Å². The number of rotatable bonds is 5. The maximum atomic E-state index is 11.3. The molecule has 0 aliphatic carbocycles. The van der Waals surface area contributed by atoms with Gasteiger partial charge in [-0.25, -0.2) is 4.68 Å². The second-order valence-corrected chi connectivity index (χ2v) is 5.16. The molecule has 0 bridgehead atoms. The summed E-state index contributed by atoms with van der Waals surface area (Å²) in [7, 11) is 3.27. The molecule has 0 saturated heterocycles. The van der Waals surface area contributed by atoms with Crippen molar-refractivity contribution in [3.63, 3.8) is 0 Å². The van der Waals surface area contributed by atoms with Gasteiger partial charge in [0.25, 0.3) is 0 Å². The van der Waals surface area contributed by atoms with Crippen LogP contribution in [0.5, 0.6) is 11.6 Å². The van der Waals surface area contributed by atoms with Gasteiger partial charge in [0, 0.05) is 12.6 Å². The highest BCUT2D eigenvalue weighted by Crippen LogP contribution is 2.31. The van der Waals surface area contributed by atoms with Gasteiger partial charge >= 0.3 is 0 Å². The van der Waals surface area contributed by atoms with Gasteiger partial charge in [-0.05, 0) is 44.5 Å². The van der Waals surface area contributed by atoms with Crippen molar-refractivity contribution in [2.45, 2.75) is 26.9 Å². The Kier molecular flexibility index (Phi) is 4.31. The van der Waals surface area contributed by atoms with E-state index >= 15 is 0 Å². The van der Waals surface area contributed by atoms with Gasteiger partial charge in [-0.3, -0.25) is 4.79 Å². The summed E-state index contributed by atoms with van der Waals surface area (Å²) in [4.78, 5) is 11.3. The molecule has 0 saturated carbocycles. The predicted molar refractivity (Wildman–Crippen MR) is 81.1 cm³/mol. The lowest BCUT2D eigenvalue weighted by molar-refractivity contribution is 0.112. The molecule has 5 nitrogen and oxygen atoms in total.